The first-order valence-corrected chi connectivity index (χ1v) is 8.22. The average molecular weight is 278 g/mol. The van der Waals surface area contributed by atoms with Crippen LogP contribution in [0, 0.1) is 12.3 Å². The molecule has 4 heteroatoms. The highest BCUT2D eigenvalue weighted by molar-refractivity contribution is 7.17. The molecule has 1 aromatic heterocycles. The molecule has 1 aliphatic heterocycles. The third-order valence-corrected chi connectivity index (χ3v) is 6.08. The summed E-state index contributed by atoms with van der Waals surface area (Å²) in [6.45, 7) is 4.16. The van der Waals surface area contributed by atoms with Crippen LogP contribution in [0.5, 0.6) is 0 Å². The summed E-state index contributed by atoms with van der Waals surface area (Å²) < 4.78 is 0. The van der Waals surface area contributed by atoms with E-state index >= 15 is 0 Å². The molecule has 0 bridgehead atoms. The van der Waals surface area contributed by atoms with Gasteiger partial charge in [0.15, 0.2) is 11.4 Å². The largest absolute Gasteiger partial charge is 0.348 e. The maximum Gasteiger partial charge on any atom is 0.186 e. The molecule has 104 valence electrons. The van der Waals surface area contributed by atoms with Crippen LogP contribution >= 0.6 is 11.3 Å². The highest BCUT2D eigenvalue weighted by Crippen LogP contribution is 2.45. The molecule has 19 heavy (non-hydrogen) atoms. The van der Waals surface area contributed by atoms with Gasteiger partial charge >= 0.3 is 0 Å². The molecule has 2 fully saturated rings. The molecule has 3 nitrogen and oxygen atoms in total. The van der Waals surface area contributed by atoms with Gasteiger partial charge in [-0.05, 0) is 38.0 Å². The molecule has 1 saturated carbocycles. The molecule has 1 saturated heterocycles. The molecular weight excluding hydrogens is 256 g/mol. The predicted octanol–water partition coefficient (Wildman–Crippen LogP) is 3.81. The van der Waals surface area contributed by atoms with Crippen LogP contribution < -0.4 is 4.90 Å². The topological polar surface area (TPSA) is 33.2 Å². The summed E-state index contributed by atoms with van der Waals surface area (Å²) in [5.41, 5.74) is 1.52. The van der Waals surface area contributed by atoms with Crippen molar-refractivity contribution in [1.82, 2.24) is 4.98 Å². The normalized spacial score (nSPS) is 22.7. The standard InChI is InChI=1S/C15H22N2OS/c1-12-13(11-18)19-14(16-12)17-9-7-15(8-10-17)5-3-2-4-6-15/h11H,2-10H2,1H3. The highest BCUT2D eigenvalue weighted by atomic mass is 32.1. The van der Waals surface area contributed by atoms with Gasteiger partial charge in [0.1, 0.15) is 0 Å². The fourth-order valence-corrected chi connectivity index (χ4v) is 4.54. The minimum atomic E-state index is 0.633. The molecule has 3 rings (SSSR count). The molecule has 0 amide bonds. The third kappa shape index (κ3) is 2.55. The van der Waals surface area contributed by atoms with Crippen molar-refractivity contribution >= 4 is 22.8 Å². The van der Waals surface area contributed by atoms with Crippen molar-refractivity contribution < 1.29 is 4.79 Å². The number of rotatable bonds is 2. The monoisotopic (exact) mass is 278 g/mol. The Bertz CT molecular complexity index is 453. The number of carbonyl (C=O) groups is 1. The SMILES string of the molecule is Cc1nc(N2CCC3(CCCCC3)CC2)sc1C=O. The lowest BCUT2D eigenvalue weighted by Crippen LogP contribution is -2.41. The number of aldehydes is 1. The lowest BCUT2D eigenvalue weighted by Gasteiger charge is -2.44. The maximum absolute atomic E-state index is 10.9. The van der Waals surface area contributed by atoms with Crippen molar-refractivity contribution in [2.45, 2.75) is 51.9 Å². The second-order valence-electron chi connectivity index (χ2n) is 6.11. The number of hydrogen-bond donors (Lipinski definition) is 0. The number of aromatic nitrogens is 1. The van der Waals surface area contributed by atoms with Crippen LogP contribution in [-0.4, -0.2) is 24.4 Å². The fraction of sp³-hybridized carbons (Fsp3) is 0.733. The van der Waals surface area contributed by atoms with Crippen LogP contribution in [0.2, 0.25) is 0 Å². The average Bonchev–Trinajstić information content (AvgIpc) is 2.82. The van der Waals surface area contributed by atoms with Gasteiger partial charge in [-0.25, -0.2) is 4.98 Å². The van der Waals surface area contributed by atoms with Crippen LogP contribution in [0.4, 0.5) is 5.13 Å². The number of piperidine rings is 1. The molecule has 2 heterocycles. The van der Waals surface area contributed by atoms with Crippen molar-refractivity contribution in [3.8, 4) is 0 Å². The first-order valence-electron chi connectivity index (χ1n) is 7.40. The molecule has 0 radical (unpaired) electrons. The Hall–Kier alpha value is -0.900. The molecule has 0 N–H and O–H groups in total. The summed E-state index contributed by atoms with van der Waals surface area (Å²) in [5, 5.41) is 1.05. The Morgan fingerprint density at radius 2 is 1.84 bits per heavy atom. The van der Waals surface area contributed by atoms with Gasteiger partial charge in [0.2, 0.25) is 0 Å². The summed E-state index contributed by atoms with van der Waals surface area (Å²) in [7, 11) is 0. The van der Waals surface area contributed by atoms with E-state index in [2.05, 4.69) is 9.88 Å². The second-order valence-corrected chi connectivity index (χ2v) is 7.12. The van der Waals surface area contributed by atoms with E-state index in [9.17, 15) is 4.79 Å². The van der Waals surface area contributed by atoms with Gasteiger partial charge in [-0.3, -0.25) is 4.79 Å². The minimum Gasteiger partial charge on any atom is -0.348 e. The van der Waals surface area contributed by atoms with Gasteiger partial charge in [-0.15, -0.1) is 0 Å². The fourth-order valence-electron chi connectivity index (χ4n) is 3.61. The summed E-state index contributed by atoms with van der Waals surface area (Å²) in [5.74, 6) is 0. The van der Waals surface area contributed by atoms with Crippen LogP contribution in [-0.2, 0) is 0 Å². The van der Waals surface area contributed by atoms with Crippen molar-refractivity contribution in [1.29, 1.82) is 0 Å². The van der Waals surface area contributed by atoms with Gasteiger partial charge < -0.3 is 4.90 Å². The van der Waals surface area contributed by atoms with Gasteiger partial charge in [0, 0.05) is 13.1 Å². The zero-order chi connectivity index (χ0) is 13.3. The lowest BCUT2D eigenvalue weighted by atomic mass is 9.68. The van der Waals surface area contributed by atoms with Crippen LogP contribution in [0.15, 0.2) is 0 Å². The molecule has 0 atom stereocenters. The van der Waals surface area contributed by atoms with E-state index in [1.165, 1.54) is 44.9 Å². The van der Waals surface area contributed by atoms with Crippen LogP contribution in [0.1, 0.15) is 60.3 Å². The molecule has 1 aromatic rings. The summed E-state index contributed by atoms with van der Waals surface area (Å²) in [4.78, 5) is 18.6. The minimum absolute atomic E-state index is 0.633. The number of carbonyl (C=O) groups excluding carboxylic acids is 1. The number of hydrogen-bond acceptors (Lipinski definition) is 4. The molecule has 1 aliphatic carbocycles. The summed E-state index contributed by atoms with van der Waals surface area (Å²) in [6, 6.07) is 0. The first kappa shape index (κ1) is 13.1. The predicted molar refractivity (Wildman–Crippen MR) is 79.2 cm³/mol. The van der Waals surface area contributed by atoms with Gasteiger partial charge in [-0.1, -0.05) is 30.6 Å². The van der Waals surface area contributed by atoms with Crippen LogP contribution in [0.25, 0.3) is 0 Å². The van der Waals surface area contributed by atoms with Gasteiger partial charge in [0.25, 0.3) is 0 Å². The molecular formula is C15H22N2OS. The second kappa shape index (κ2) is 5.23. The Kier molecular flexibility index (Phi) is 3.61. The van der Waals surface area contributed by atoms with E-state index in [1.54, 1.807) is 11.3 Å². The number of nitrogens with zero attached hydrogens (tertiary/aromatic N) is 2. The zero-order valence-electron chi connectivity index (χ0n) is 11.7. The van der Waals surface area contributed by atoms with E-state index < -0.39 is 0 Å². The number of aryl methyl sites for hydroxylation is 1. The van der Waals surface area contributed by atoms with Crippen molar-refractivity contribution in [2.24, 2.45) is 5.41 Å². The summed E-state index contributed by atoms with van der Waals surface area (Å²) in [6.07, 6.45) is 10.7. The van der Waals surface area contributed by atoms with E-state index in [-0.39, 0.29) is 0 Å². The molecule has 0 unspecified atom stereocenters. The Balaban J connectivity index is 1.67. The van der Waals surface area contributed by atoms with Crippen molar-refractivity contribution in [3.05, 3.63) is 10.6 Å². The number of anilines is 1. The number of thiazole rings is 1. The Labute approximate surface area is 119 Å². The molecule has 0 aromatic carbocycles. The van der Waals surface area contributed by atoms with Crippen LogP contribution in [0.3, 0.4) is 0 Å². The van der Waals surface area contributed by atoms with Crippen molar-refractivity contribution in [2.75, 3.05) is 18.0 Å². The van der Waals surface area contributed by atoms with E-state index in [1.807, 2.05) is 6.92 Å². The van der Waals surface area contributed by atoms with Gasteiger partial charge in [-0.2, -0.15) is 0 Å². The smallest absolute Gasteiger partial charge is 0.186 e. The quantitative estimate of drug-likeness (QED) is 0.771. The highest BCUT2D eigenvalue weighted by Gasteiger charge is 2.36. The van der Waals surface area contributed by atoms with Crippen molar-refractivity contribution in [3.63, 3.8) is 0 Å². The van der Waals surface area contributed by atoms with E-state index in [4.69, 9.17) is 0 Å². The lowest BCUT2D eigenvalue weighted by molar-refractivity contribution is 0.112. The molecule has 1 spiro atoms. The van der Waals surface area contributed by atoms with E-state index in [0.717, 1.165) is 35.1 Å². The molecule has 2 aliphatic rings. The Morgan fingerprint density at radius 1 is 1.16 bits per heavy atom. The third-order valence-electron chi connectivity index (χ3n) is 4.94. The van der Waals surface area contributed by atoms with E-state index in [0.29, 0.717) is 5.41 Å². The van der Waals surface area contributed by atoms with Gasteiger partial charge in [0.05, 0.1) is 10.6 Å². The maximum atomic E-state index is 10.9. The zero-order valence-corrected chi connectivity index (χ0v) is 12.5. The first-order chi connectivity index (χ1) is 9.22. The Morgan fingerprint density at radius 3 is 2.42 bits per heavy atom. The summed E-state index contributed by atoms with van der Waals surface area (Å²) >= 11 is 1.55.